The molecule has 2 unspecified atom stereocenters. The number of fused-ring (bicyclic) bond motifs is 3. The van der Waals surface area contributed by atoms with E-state index >= 15 is 0 Å². The Bertz CT molecular complexity index is 1610. The number of carbonyl (C=O) groups is 2. The second kappa shape index (κ2) is 8.44. The molecule has 2 aliphatic carbocycles. The summed E-state index contributed by atoms with van der Waals surface area (Å²) >= 11 is 0. The third-order valence-corrected chi connectivity index (χ3v) is 8.62. The Morgan fingerprint density at radius 2 is 1.97 bits per heavy atom. The fourth-order valence-electron chi connectivity index (χ4n) is 6.31. The van der Waals surface area contributed by atoms with Crippen molar-refractivity contribution in [3.63, 3.8) is 0 Å². The first-order chi connectivity index (χ1) is 18.4. The van der Waals surface area contributed by atoms with Crippen molar-refractivity contribution >= 4 is 28.6 Å². The molecule has 2 fully saturated rings. The number of amides is 1. The quantitative estimate of drug-likeness (QED) is 0.361. The van der Waals surface area contributed by atoms with Crippen LogP contribution in [0.4, 0.5) is 5.82 Å². The molecule has 4 aromatic rings. The zero-order chi connectivity index (χ0) is 26.1. The lowest BCUT2D eigenvalue weighted by Crippen LogP contribution is -2.27. The van der Waals surface area contributed by atoms with E-state index in [-0.39, 0.29) is 17.5 Å². The van der Waals surface area contributed by atoms with Crippen molar-refractivity contribution in [2.75, 3.05) is 18.0 Å². The third-order valence-electron chi connectivity index (χ3n) is 8.62. The number of nitrogens with zero attached hydrogens (tertiary/aromatic N) is 4. The summed E-state index contributed by atoms with van der Waals surface area (Å²) in [6.07, 6.45) is 4.86. The number of aryl methyl sites for hydroxylation is 2. The smallest absolute Gasteiger partial charge is 0.335 e. The predicted molar refractivity (Wildman–Crippen MR) is 143 cm³/mol. The molecule has 194 valence electrons. The normalized spacial score (nSPS) is 21.5. The molecule has 3 aliphatic rings. The summed E-state index contributed by atoms with van der Waals surface area (Å²) in [6.45, 7) is 6.76. The molecular formula is C29H30N6O3. The Balaban J connectivity index is 1.20. The maximum absolute atomic E-state index is 13.5. The van der Waals surface area contributed by atoms with Gasteiger partial charge < -0.3 is 19.9 Å². The van der Waals surface area contributed by atoms with Crippen molar-refractivity contribution in [2.24, 2.45) is 11.8 Å². The van der Waals surface area contributed by atoms with Crippen LogP contribution < -0.4 is 10.2 Å². The minimum absolute atomic E-state index is 0.154. The van der Waals surface area contributed by atoms with Crippen LogP contribution in [0, 0.1) is 25.7 Å². The van der Waals surface area contributed by atoms with Crippen LogP contribution in [0.3, 0.4) is 0 Å². The molecule has 9 heteroatoms. The van der Waals surface area contributed by atoms with E-state index in [0.717, 1.165) is 71.7 Å². The van der Waals surface area contributed by atoms with Crippen LogP contribution >= 0.6 is 0 Å². The molecule has 38 heavy (non-hydrogen) atoms. The summed E-state index contributed by atoms with van der Waals surface area (Å²) in [7, 11) is 0. The standard InChI is InChI=1S/C29H30N6O3/c1-15-18(4-8-26(30-15)35-12-19-9-20(19)13-35)11-34-14-23(22-10-17(29(37)38)3-7-25(22)34)28(36)31-24-6-5-21-16(2)32-33-27(21)24/h3-4,7-8,10,14,19-20,24H,5-6,9,11-13H2,1-2H3,(H,31,36)(H,32,33)(H,37,38)/t19?,20?,24-/m1/s1. The van der Waals surface area contributed by atoms with Gasteiger partial charge in [-0.3, -0.25) is 9.89 Å². The monoisotopic (exact) mass is 510 g/mol. The van der Waals surface area contributed by atoms with E-state index in [1.807, 2.05) is 24.6 Å². The van der Waals surface area contributed by atoms with Crippen LogP contribution in [0.5, 0.6) is 0 Å². The molecule has 0 radical (unpaired) electrons. The number of piperidine rings is 1. The minimum Gasteiger partial charge on any atom is -0.478 e. The van der Waals surface area contributed by atoms with Crippen LogP contribution in [-0.4, -0.2) is 49.8 Å². The van der Waals surface area contributed by atoms with Gasteiger partial charge in [-0.1, -0.05) is 6.07 Å². The van der Waals surface area contributed by atoms with Gasteiger partial charge in [0.2, 0.25) is 0 Å². The average molecular weight is 511 g/mol. The van der Waals surface area contributed by atoms with E-state index in [0.29, 0.717) is 17.5 Å². The molecule has 3 atom stereocenters. The van der Waals surface area contributed by atoms with E-state index < -0.39 is 5.97 Å². The number of aromatic carboxylic acids is 1. The number of carboxylic acids is 1. The van der Waals surface area contributed by atoms with Gasteiger partial charge in [-0.2, -0.15) is 5.10 Å². The van der Waals surface area contributed by atoms with Gasteiger partial charge in [-0.15, -0.1) is 0 Å². The fraction of sp³-hybridized carbons (Fsp3) is 0.379. The Labute approximate surface area is 219 Å². The second-order valence-electron chi connectivity index (χ2n) is 11.1. The number of carboxylic acid groups (broad SMARTS) is 1. The van der Waals surface area contributed by atoms with Gasteiger partial charge in [0.25, 0.3) is 5.91 Å². The largest absolute Gasteiger partial charge is 0.478 e. The lowest BCUT2D eigenvalue weighted by molar-refractivity contribution is 0.0696. The molecule has 9 nitrogen and oxygen atoms in total. The van der Waals surface area contributed by atoms with Gasteiger partial charge in [0, 0.05) is 48.1 Å². The molecule has 0 spiro atoms. The predicted octanol–water partition coefficient (Wildman–Crippen LogP) is 4.00. The van der Waals surface area contributed by atoms with Gasteiger partial charge in [-0.05, 0) is 80.3 Å². The molecule has 0 bridgehead atoms. The molecular weight excluding hydrogens is 480 g/mol. The highest BCUT2D eigenvalue weighted by atomic mass is 16.4. The number of anilines is 1. The van der Waals surface area contributed by atoms with E-state index in [4.69, 9.17) is 4.98 Å². The van der Waals surface area contributed by atoms with Crippen LogP contribution in [-0.2, 0) is 13.0 Å². The summed E-state index contributed by atoms with van der Waals surface area (Å²) in [5.41, 5.74) is 6.55. The van der Waals surface area contributed by atoms with Gasteiger partial charge in [0.1, 0.15) is 5.82 Å². The third kappa shape index (κ3) is 3.76. The second-order valence-corrected chi connectivity index (χ2v) is 11.1. The summed E-state index contributed by atoms with van der Waals surface area (Å²) in [5, 5.41) is 20.8. The highest BCUT2D eigenvalue weighted by Gasteiger charge is 2.45. The number of hydrogen-bond donors (Lipinski definition) is 3. The molecule has 4 heterocycles. The SMILES string of the molecule is Cc1nc(N2CC3CC3C2)ccc1Cn1cc(C(=O)N[C@@H]2CCc3c2n[nH]c3C)c2cc(C(=O)O)ccc21. The van der Waals surface area contributed by atoms with Gasteiger partial charge in [0.05, 0.1) is 22.9 Å². The molecule has 1 aliphatic heterocycles. The number of hydrogen-bond acceptors (Lipinski definition) is 5. The zero-order valence-electron chi connectivity index (χ0n) is 21.5. The maximum Gasteiger partial charge on any atom is 0.335 e. The number of nitrogens with one attached hydrogen (secondary N) is 2. The lowest BCUT2D eigenvalue weighted by Gasteiger charge is -2.20. The fourth-order valence-corrected chi connectivity index (χ4v) is 6.31. The Kier molecular flexibility index (Phi) is 5.11. The summed E-state index contributed by atoms with van der Waals surface area (Å²) in [6, 6.07) is 9.02. The Hall–Kier alpha value is -4.14. The van der Waals surface area contributed by atoms with Crippen LogP contribution in [0.15, 0.2) is 36.5 Å². The van der Waals surface area contributed by atoms with Gasteiger partial charge in [0.15, 0.2) is 0 Å². The molecule has 1 saturated carbocycles. The first-order valence-corrected chi connectivity index (χ1v) is 13.3. The van der Waals surface area contributed by atoms with Gasteiger partial charge in [-0.25, -0.2) is 9.78 Å². The number of benzene rings is 1. The van der Waals surface area contributed by atoms with Crippen molar-refractivity contribution in [1.82, 2.24) is 25.1 Å². The van der Waals surface area contributed by atoms with Gasteiger partial charge >= 0.3 is 5.97 Å². The van der Waals surface area contributed by atoms with E-state index in [9.17, 15) is 14.7 Å². The first kappa shape index (κ1) is 23.0. The van der Waals surface area contributed by atoms with Crippen molar-refractivity contribution < 1.29 is 14.7 Å². The number of rotatable bonds is 6. The van der Waals surface area contributed by atoms with E-state index in [1.54, 1.807) is 18.2 Å². The maximum atomic E-state index is 13.5. The summed E-state index contributed by atoms with van der Waals surface area (Å²) < 4.78 is 2.02. The van der Waals surface area contributed by atoms with Crippen molar-refractivity contribution in [3.05, 3.63) is 75.9 Å². The summed E-state index contributed by atoms with van der Waals surface area (Å²) in [4.78, 5) is 32.5. The Morgan fingerprint density at radius 1 is 1.16 bits per heavy atom. The summed E-state index contributed by atoms with van der Waals surface area (Å²) in [5.74, 6) is 1.47. The highest BCUT2D eigenvalue weighted by Crippen LogP contribution is 2.46. The zero-order valence-corrected chi connectivity index (χ0v) is 21.5. The van der Waals surface area contributed by atoms with Crippen LogP contribution in [0.1, 0.15) is 67.8 Å². The van der Waals surface area contributed by atoms with E-state index in [1.165, 1.54) is 12.0 Å². The average Bonchev–Trinajstić information content (AvgIpc) is 3.28. The number of H-pyrrole nitrogens is 1. The van der Waals surface area contributed by atoms with Crippen molar-refractivity contribution in [3.8, 4) is 0 Å². The number of aromatic amines is 1. The lowest BCUT2D eigenvalue weighted by atomic mass is 10.1. The highest BCUT2D eigenvalue weighted by molar-refractivity contribution is 6.08. The molecule has 1 aromatic carbocycles. The Morgan fingerprint density at radius 3 is 2.74 bits per heavy atom. The van der Waals surface area contributed by atoms with Crippen molar-refractivity contribution in [1.29, 1.82) is 0 Å². The van der Waals surface area contributed by atoms with Crippen LogP contribution in [0.2, 0.25) is 0 Å². The number of carbonyl (C=O) groups excluding carboxylic acids is 1. The van der Waals surface area contributed by atoms with E-state index in [2.05, 4.69) is 32.5 Å². The van der Waals surface area contributed by atoms with Crippen LogP contribution in [0.25, 0.3) is 10.9 Å². The number of pyridine rings is 1. The molecule has 1 amide bonds. The number of aromatic nitrogens is 4. The minimum atomic E-state index is -1.02. The molecule has 3 aromatic heterocycles. The van der Waals surface area contributed by atoms with Crippen molar-refractivity contribution in [2.45, 2.75) is 45.7 Å². The molecule has 7 rings (SSSR count). The molecule has 1 saturated heterocycles. The topological polar surface area (TPSA) is 116 Å². The molecule has 3 N–H and O–H groups in total. The first-order valence-electron chi connectivity index (χ1n) is 13.3.